The molecule has 8 nitrogen and oxygen atoms in total. The summed E-state index contributed by atoms with van der Waals surface area (Å²) in [6.07, 6.45) is 0.788. The molecule has 0 aromatic heterocycles. The molecule has 1 aliphatic carbocycles. The first-order valence-corrected chi connectivity index (χ1v) is 14.1. The number of benzene rings is 2. The van der Waals surface area contributed by atoms with E-state index in [2.05, 4.69) is 17.6 Å². The van der Waals surface area contributed by atoms with Crippen molar-refractivity contribution in [3.63, 3.8) is 0 Å². The fraction of sp³-hybridized carbons (Fsp3) is 0.531. The highest BCUT2D eigenvalue weighted by atomic mass is 16.6. The zero-order valence-electron chi connectivity index (χ0n) is 25.3. The number of ether oxygens (including phenoxy) is 2. The molecule has 0 heterocycles. The summed E-state index contributed by atoms with van der Waals surface area (Å²) in [5, 5.41) is 5.87. The first kappa shape index (κ1) is 31.0. The van der Waals surface area contributed by atoms with Crippen LogP contribution in [0.15, 0.2) is 42.5 Å². The molecule has 3 amide bonds. The summed E-state index contributed by atoms with van der Waals surface area (Å²) in [5.41, 5.74) is 2.52. The van der Waals surface area contributed by atoms with Crippen molar-refractivity contribution >= 4 is 23.6 Å². The molecule has 5 atom stereocenters. The number of anilines is 1. The van der Waals surface area contributed by atoms with Gasteiger partial charge in [0.25, 0.3) is 5.91 Å². The van der Waals surface area contributed by atoms with E-state index in [9.17, 15) is 14.4 Å². The largest absolute Gasteiger partial charge is 0.497 e. The Labute approximate surface area is 238 Å². The van der Waals surface area contributed by atoms with Crippen LogP contribution < -0.4 is 15.4 Å². The molecule has 1 aliphatic rings. The summed E-state index contributed by atoms with van der Waals surface area (Å²) in [5.74, 6) is 0.128. The van der Waals surface area contributed by atoms with E-state index in [0.29, 0.717) is 17.9 Å². The number of carbonyl (C=O) groups is 3. The van der Waals surface area contributed by atoms with Crippen molar-refractivity contribution in [2.45, 2.75) is 92.0 Å². The third-order valence-electron chi connectivity index (χ3n) is 7.53. The molecule has 0 saturated heterocycles. The first-order chi connectivity index (χ1) is 18.8. The lowest BCUT2D eigenvalue weighted by Crippen LogP contribution is -2.55. The number of methoxy groups -OCH3 is 1. The Morgan fingerprint density at radius 3 is 2.10 bits per heavy atom. The van der Waals surface area contributed by atoms with Crippen molar-refractivity contribution in [2.75, 3.05) is 12.4 Å². The molecule has 1 fully saturated rings. The number of hydrogen-bond donors (Lipinski definition) is 2. The van der Waals surface area contributed by atoms with Crippen LogP contribution in [0.4, 0.5) is 10.5 Å². The Kier molecular flexibility index (Phi) is 9.87. The minimum Gasteiger partial charge on any atom is -0.497 e. The molecular formula is C32H45N3O5. The van der Waals surface area contributed by atoms with Gasteiger partial charge in [-0.2, -0.15) is 0 Å². The third-order valence-corrected chi connectivity index (χ3v) is 7.53. The number of nitrogens with one attached hydrogen (secondary N) is 2. The number of amides is 3. The summed E-state index contributed by atoms with van der Waals surface area (Å²) in [6.45, 7) is 15.3. The monoisotopic (exact) mass is 551 g/mol. The van der Waals surface area contributed by atoms with Gasteiger partial charge in [0.1, 0.15) is 23.4 Å². The normalized spacial score (nSPS) is 18.6. The van der Waals surface area contributed by atoms with Gasteiger partial charge < -0.3 is 25.0 Å². The lowest BCUT2D eigenvalue weighted by molar-refractivity contribution is -0.142. The maximum atomic E-state index is 14.5. The maximum absolute atomic E-state index is 14.5. The molecule has 0 spiro atoms. The molecule has 0 bridgehead atoms. The van der Waals surface area contributed by atoms with E-state index in [1.54, 1.807) is 57.0 Å². The highest BCUT2D eigenvalue weighted by Gasteiger charge is 2.49. The van der Waals surface area contributed by atoms with E-state index in [1.165, 1.54) is 0 Å². The average Bonchev–Trinajstić information content (AvgIpc) is 3.60. The van der Waals surface area contributed by atoms with E-state index in [1.807, 2.05) is 45.9 Å². The molecular weight excluding hydrogens is 506 g/mol. The van der Waals surface area contributed by atoms with Crippen LogP contribution in [0.5, 0.6) is 5.75 Å². The highest BCUT2D eigenvalue weighted by Crippen LogP contribution is 2.42. The zero-order chi connectivity index (χ0) is 29.8. The molecule has 5 unspecified atom stereocenters. The van der Waals surface area contributed by atoms with Crippen LogP contribution in [0.25, 0.3) is 0 Å². The summed E-state index contributed by atoms with van der Waals surface area (Å²) in [7, 11) is 1.59. The van der Waals surface area contributed by atoms with Gasteiger partial charge in [-0.1, -0.05) is 45.4 Å². The molecule has 0 aliphatic heterocycles. The van der Waals surface area contributed by atoms with Gasteiger partial charge in [0.2, 0.25) is 5.91 Å². The fourth-order valence-corrected chi connectivity index (χ4v) is 4.99. The molecule has 2 aromatic rings. The van der Waals surface area contributed by atoms with Gasteiger partial charge in [-0.25, -0.2) is 4.79 Å². The predicted molar refractivity (Wildman–Crippen MR) is 157 cm³/mol. The van der Waals surface area contributed by atoms with Gasteiger partial charge in [0.15, 0.2) is 0 Å². The fourth-order valence-electron chi connectivity index (χ4n) is 4.99. The van der Waals surface area contributed by atoms with Crippen molar-refractivity contribution in [1.29, 1.82) is 0 Å². The molecule has 2 N–H and O–H groups in total. The standard InChI is InChI=1S/C32H45N3O5/c1-10-19(2)27(34-31(38)40-32(6,7)8)30(37)35(25-18-22(25)5)28(26-20(3)12-11-13-21(26)4)29(36)33-23-14-16-24(39-9)17-15-23/h11-17,19,22,25,27-28H,10,18H2,1-9H3,(H,33,36)(H,34,38). The topological polar surface area (TPSA) is 97.0 Å². The van der Waals surface area contributed by atoms with Crippen LogP contribution in [-0.4, -0.2) is 47.6 Å². The van der Waals surface area contributed by atoms with E-state index in [-0.39, 0.29) is 29.7 Å². The van der Waals surface area contributed by atoms with Gasteiger partial charge in [-0.3, -0.25) is 9.59 Å². The number of alkyl carbamates (subject to hydrolysis) is 1. The second-order valence-corrected chi connectivity index (χ2v) is 12.0. The van der Waals surface area contributed by atoms with Crippen LogP contribution >= 0.6 is 0 Å². The molecule has 8 heteroatoms. The molecule has 2 aromatic carbocycles. The summed E-state index contributed by atoms with van der Waals surface area (Å²) < 4.78 is 10.8. The van der Waals surface area contributed by atoms with Crippen molar-refractivity contribution in [3.05, 3.63) is 59.2 Å². The van der Waals surface area contributed by atoms with Crippen LogP contribution in [0.3, 0.4) is 0 Å². The number of aryl methyl sites for hydroxylation is 2. The Balaban J connectivity index is 2.08. The van der Waals surface area contributed by atoms with Crippen LogP contribution in [-0.2, 0) is 14.3 Å². The van der Waals surface area contributed by atoms with Crippen LogP contribution in [0.1, 0.15) is 77.1 Å². The molecule has 3 rings (SSSR count). The van der Waals surface area contributed by atoms with Gasteiger partial charge in [-0.05, 0) is 93.8 Å². The Hall–Kier alpha value is -3.55. The van der Waals surface area contributed by atoms with Crippen molar-refractivity contribution in [2.24, 2.45) is 11.8 Å². The molecule has 40 heavy (non-hydrogen) atoms. The quantitative estimate of drug-likeness (QED) is 0.368. The smallest absolute Gasteiger partial charge is 0.408 e. The Bertz CT molecular complexity index is 1180. The van der Waals surface area contributed by atoms with Crippen molar-refractivity contribution in [3.8, 4) is 5.75 Å². The molecule has 1 saturated carbocycles. The van der Waals surface area contributed by atoms with Gasteiger partial charge in [-0.15, -0.1) is 0 Å². The summed E-state index contributed by atoms with van der Waals surface area (Å²) in [6, 6.07) is 11.1. The van der Waals surface area contributed by atoms with Crippen molar-refractivity contribution < 1.29 is 23.9 Å². The Morgan fingerprint density at radius 1 is 1.05 bits per heavy atom. The van der Waals surface area contributed by atoms with E-state index in [4.69, 9.17) is 9.47 Å². The number of nitrogens with zero attached hydrogens (tertiary/aromatic N) is 1. The molecule has 0 radical (unpaired) electrons. The number of hydrogen-bond acceptors (Lipinski definition) is 5. The third kappa shape index (κ3) is 7.55. The van der Waals surface area contributed by atoms with Crippen molar-refractivity contribution in [1.82, 2.24) is 10.2 Å². The Morgan fingerprint density at radius 2 is 1.62 bits per heavy atom. The lowest BCUT2D eigenvalue weighted by atomic mass is 9.91. The summed E-state index contributed by atoms with van der Waals surface area (Å²) in [4.78, 5) is 43.3. The minimum absolute atomic E-state index is 0.134. The number of rotatable bonds is 10. The van der Waals surface area contributed by atoms with Crippen LogP contribution in [0.2, 0.25) is 0 Å². The lowest BCUT2D eigenvalue weighted by Gasteiger charge is -2.37. The zero-order valence-corrected chi connectivity index (χ0v) is 25.3. The summed E-state index contributed by atoms with van der Waals surface area (Å²) >= 11 is 0. The van der Waals surface area contributed by atoms with E-state index < -0.39 is 23.8 Å². The van der Waals surface area contributed by atoms with E-state index >= 15 is 0 Å². The van der Waals surface area contributed by atoms with Gasteiger partial charge in [0.05, 0.1) is 7.11 Å². The van der Waals surface area contributed by atoms with Crippen LogP contribution in [0, 0.1) is 25.7 Å². The predicted octanol–water partition coefficient (Wildman–Crippen LogP) is 6.17. The van der Waals surface area contributed by atoms with E-state index in [0.717, 1.165) is 23.1 Å². The number of carbonyl (C=O) groups excluding carboxylic acids is 3. The average molecular weight is 552 g/mol. The maximum Gasteiger partial charge on any atom is 0.408 e. The second-order valence-electron chi connectivity index (χ2n) is 12.0. The van der Waals surface area contributed by atoms with Gasteiger partial charge >= 0.3 is 6.09 Å². The highest BCUT2D eigenvalue weighted by molar-refractivity contribution is 5.99. The SMILES string of the molecule is CCC(C)C(NC(=O)OC(C)(C)C)C(=O)N(C(C(=O)Nc1ccc(OC)cc1)c1c(C)cccc1C)C1CC1C. The second kappa shape index (κ2) is 12.7. The minimum atomic E-state index is -0.891. The first-order valence-electron chi connectivity index (χ1n) is 14.1. The van der Waals surface area contributed by atoms with Gasteiger partial charge in [0, 0.05) is 11.7 Å². The molecule has 218 valence electrons.